The molecule has 1 saturated heterocycles. The first-order chi connectivity index (χ1) is 7.75. The highest BCUT2D eigenvalue weighted by atomic mass is 16.5. The lowest BCUT2D eigenvalue weighted by molar-refractivity contribution is 0.267. The predicted octanol–water partition coefficient (Wildman–Crippen LogP) is 0.673. The first-order valence-electron chi connectivity index (χ1n) is 5.62. The molecule has 1 atom stereocenters. The summed E-state index contributed by atoms with van der Waals surface area (Å²) in [5, 5.41) is 3.39. The molecule has 1 aliphatic rings. The molecule has 88 valence electrons. The Kier molecular flexibility index (Phi) is 3.56. The Morgan fingerprint density at radius 1 is 1.56 bits per heavy atom. The number of hydrogen-bond donors (Lipinski definition) is 1. The van der Waals surface area contributed by atoms with Gasteiger partial charge in [-0.3, -0.25) is 0 Å². The molecule has 0 aliphatic carbocycles. The summed E-state index contributed by atoms with van der Waals surface area (Å²) in [4.78, 5) is 10.3. The number of hydrogen-bond acceptors (Lipinski definition) is 5. The Bertz CT molecular complexity index is 337. The third-order valence-corrected chi connectivity index (χ3v) is 2.61. The number of aromatic nitrogens is 2. The van der Waals surface area contributed by atoms with E-state index in [1.165, 1.54) is 12.8 Å². The highest BCUT2D eigenvalue weighted by Crippen LogP contribution is 2.12. The van der Waals surface area contributed by atoms with Gasteiger partial charge in [-0.15, -0.1) is 0 Å². The molecule has 5 nitrogen and oxygen atoms in total. The maximum Gasteiger partial charge on any atom is 0.228 e. The molecule has 1 aromatic rings. The van der Waals surface area contributed by atoms with E-state index in [4.69, 9.17) is 4.74 Å². The zero-order valence-electron chi connectivity index (χ0n) is 9.81. The van der Waals surface area contributed by atoms with Gasteiger partial charge in [-0.05, 0) is 19.4 Å². The fourth-order valence-electron chi connectivity index (χ4n) is 1.71. The van der Waals surface area contributed by atoms with E-state index in [-0.39, 0.29) is 0 Å². The maximum atomic E-state index is 5.64. The van der Waals surface area contributed by atoms with Crippen molar-refractivity contribution in [2.45, 2.75) is 18.9 Å². The average Bonchev–Trinajstić information content (AvgIpc) is 2.79. The van der Waals surface area contributed by atoms with Crippen LogP contribution in [0.3, 0.4) is 0 Å². The molecule has 1 aliphatic heterocycles. The van der Waals surface area contributed by atoms with E-state index in [0.717, 1.165) is 6.54 Å². The summed E-state index contributed by atoms with van der Waals surface area (Å²) < 4.78 is 5.64. The average molecular weight is 222 g/mol. The Morgan fingerprint density at radius 3 is 3.12 bits per heavy atom. The van der Waals surface area contributed by atoms with Crippen LogP contribution in [-0.4, -0.2) is 43.3 Å². The summed E-state index contributed by atoms with van der Waals surface area (Å²) in [5.74, 6) is 1.32. The van der Waals surface area contributed by atoms with Gasteiger partial charge in [0, 0.05) is 32.4 Å². The molecule has 0 bridgehead atoms. The minimum Gasteiger partial charge on any atom is -0.476 e. The van der Waals surface area contributed by atoms with E-state index in [1.54, 1.807) is 12.3 Å². The number of rotatable bonds is 4. The Labute approximate surface area is 95.8 Å². The molecule has 16 heavy (non-hydrogen) atoms. The molecule has 0 spiro atoms. The zero-order chi connectivity index (χ0) is 11.4. The van der Waals surface area contributed by atoms with Crippen LogP contribution in [0.2, 0.25) is 0 Å². The van der Waals surface area contributed by atoms with Crippen LogP contribution in [0.5, 0.6) is 5.88 Å². The van der Waals surface area contributed by atoms with Crippen LogP contribution < -0.4 is 15.0 Å². The fraction of sp³-hybridized carbons (Fsp3) is 0.636. The molecular weight excluding hydrogens is 204 g/mol. The number of nitrogens with zero attached hydrogens (tertiary/aromatic N) is 3. The third kappa shape index (κ3) is 2.82. The minimum absolute atomic E-state index is 0.470. The zero-order valence-corrected chi connectivity index (χ0v) is 9.81. The smallest absolute Gasteiger partial charge is 0.228 e. The normalized spacial score (nSPS) is 19.8. The summed E-state index contributed by atoms with van der Waals surface area (Å²) >= 11 is 0. The molecule has 1 unspecified atom stereocenters. The maximum absolute atomic E-state index is 5.64. The number of ether oxygens (including phenoxy) is 1. The van der Waals surface area contributed by atoms with Gasteiger partial charge in [0.2, 0.25) is 11.8 Å². The fourth-order valence-corrected chi connectivity index (χ4v) is 1.71. The van der Waals surface area contributed by atoms with Gasteiger partial charge < -0.3 is 15.0 Å². The van der Waals surface area contributed by atoms with Gasteiger partial charge in [-0.25, -0.2) is 4.98 Å². The van der Waals surface area contributed by atoms with Crippen molar-refractivity contribution in [1.29, 1.82) is 0 Å². The monoisotopic (exact) mass is 222 g/mol. The third-order valence-electron chi connectivity index (χ3n) is 2.61. The Hall–Kier alpha value is -1.36. The van der Waals surface area contributed by atoms with Crippen LogP contribution in [-0.2, 0) is 0 Å². The van der Waals surface area contributed by atoms with Gasteiger partial charge in [-0.2, -0.15) is 4.98 Å². The van der Waals surface area contributed by atoms with Gasteiger partial charge in [-0.1, -0.05) is 0 Å². The van der Waals surface area contributed by atoms with Crippen LogP contribution in [0.15, 0.2) is 12.3 Å². The van der Waals surface area contributed by atoms with Crippen LogP contribution in [0.4, 0.5) is 5.95 Å². The Morgan fingerprint density at radius 2 is 2.44 bits per heavy atom. The van der Waals surface area contributed by atoms with E-state index in [1.807, 2.05) is 19.0 Å². The van der Waals surface area contributed by atoms with Gasteiger partial charge in [0.05, 0.1) is 0 Å². The highest BCUT2D eigenvalue weighted by Gasteiger charge is 2.14. The molecule has 1 fully saturated rings. The molecule has 0 radical (unpaired) electrons. The number of nitrogens with one attached hydrogen (secondary N) is 1. The largest absolute Gasteiger partial charge is 0.476 e. The predicted molar refractivity (Wildman–Crippen MR) is 62.9 cm³/mol. The van der Waals surface area contributed by atoms with Crippen molar-refractivity contribution in [1.82, 2.24) is 15.3 Å². The standard InChI is InChI=1S/C11H18N4O/c1-15(2)11-13-7-5-10(14-11)16-8-9-4-3-6-12-9/h5,7,9,12H,3-4,6,8H2,1-2H3. The first-order valence-corrected chi connectivity index (χ1v) is 5.62. The quantitative estimate of drug-likeness (QED) is 0.811. The van der Waals surface area contributed by atoms with Crippen molar-refractivity contribution in [3.8, 4) is 5.88 Å². The summed E-state index contributed by atoms with van der Waals surface area (Å²) in [6, 6.07) is 2.26. The topological polar surface area (TPSA) is 50.3 Å². The second kappa shape index (κ2) is 5.12. The van der Waals surface area contributed by atoms with Crippen molar-refractivity contribution in [2.75, 3.05) is 32.1 Å². The van der Waals surface area contributed by atoms with E-state index >= 15 is 0 Å². The van der Waals surface area contributed by atoms with Crippen LogP contribution in [0, 0.1) is 0 Å². The van der Waals surface area contributed by atoms with Crippen LogP contribution >= 0.6 is 0 Å². The van der Waals surface area contributed by atoms with E-state index in [0.29, 0.717) is 24.5 Å². The van der Waals surface area contributed by atoms with Crippen molar-refractivity contribution in [2.24, 2.45) is 0 Å². The van der Waals surface area contributed by atoms with E-state index in [9.17, 15) is 0 Å². The minimum atomic E-state index is 0.470. The molecule has 5 heteroatoms. The van der Waals surface area contributed by atoms with Gasteiger partial charge in [0.1, 0.15) is 6.61 Å². The Balaban J connectivity index is 1.90. The van der Waals surface area contributed by atoms with Gasteiger partial charge in [0.25, 0.3) is 0 Å². The van der Waals surface area contributed by atoms with Crippen molar-refractivity contribution >= 4 is 5.95 Å². The first kappa shape index (κ1) is 11.1. The van der Waals surface area contributed by atoms with Crippen molar-refractivity contribution in [3.63, 3.8) is 0 Å². The summed E-state index contributed by atoms with van der Waals surface area (Å²) in [6.07, 6.45) is 4.14. The second-order valence-electron chi connectivity index (χ2n) is 4.19. The lowest BCUT2D eigenvalue weighted by atomic mass is 10.2. The summed E-state index contributed by atoms with van der Waals surface area (Å²) in [5.41, 5.74) is 0. The van der Waals surface area contributed by atoms with E-state index in [2.05, 4.69) is 15.3 Å². The molecule has 0 saturated carbocycles. The highest BCUT2D eigenvalue weighted by molar-refractivity contribution is 5.29. The van der Waals surface area contributed by atoms with Crippen LogP contribution in [0.25, 0.3) is 0 Å². The summed E-state index contributed by atoms with van der Waals surface area (Å²) in [6.45, 7) is 1.78. The van der Waals surface area contributed by atoms with Crippen LogP contribution in [0.1, 0.15) is 12.8 Å². The van der Waals surface area contributed by atoms with E-state index < -0.39 is 0 Å². The molecular formula is C11H18N4O. The molecule has 2 heterocycles. The van der Waals surface area contributed by atoms with Crippen molar-refractivity contribution < 1.29 is 4.74 Å². The molecule has 0 amide bonds. The second-order valence-corrected chi connectivity index (χ2v) is 4.19. The lowest BCUT2D eigenvalue weighted by Gasteiger charge is -2.13. The van der Waals surface area contributed by atoms with Gasteiger partial charge in [0.15, 0.2) is 0 Å². The molecule has 0 aromatic carbocycles. The number of anilines is 1. The molecule has 1 aromatic heterocycles. The SMILES string of the molecule is CN(C)c1nccc(OCC2CCCN2)n1. The molecule has 1 N–H and O–H groups in total. The van der Waals surface area contributed by atoms with Gasteiger partial charge >= 0.3 is 0 Å². The summed E-state index contributed by atoms with van der Waals surface area (Å²) in [7, 11) is 3.83. The molecule has 2 rings (SSSR count). The van der Waals surface area contributed by atoms with Crippen molar-refractivity contribution in [3.05, 3.63) is 12.3 Å². The lowest BCUT2D eigenvalue weighted by Crippen LogP contribution is -2.28.